The van der Waals surface area contributed by atoms with Crippen molar-refractivity contribution in [3.05, 3.63) is 24.3 Å². The summed E-state index contributed by atoms with van der Waals surface area (Å²) in [6.07, 6.45) is 44.1. The molecule has 0 saturated carbocycles. The van der Waals surface area contributed by atoms with Crippen LogP contribution in [0.2, 0.25) is 0 Å². The van der Waals surface area contributed by atoms with E-state index >= 15 is 0 Å². The van der Waals surface area contributed by atoms with Crippen LogP contribution in [0.5, 0.6) is 0 Å². The van der Waals surface area contributed by atoms with E-state index in [1.165, 1.54) is 128 Å². The summed E-state index contributed by atoms with van der Waals surface area (Å²) >= 11 is 0. The van der Waals surface area contributed by atoms with Gasteiger partial charge in [0.2, 0.25) is 6.29 Å². The van der Waals surface area contributed by atoms with Gasteiger partial charge in [0.15, 0.2) is 0 Å². The zero-order chi connectivity index (χ0) is 27.8. The first-order valence-corrected chi connectivity index (χ1v) is 17.0. The molecule has 0 rings (SSSR count). The summed E-state index contributed by atoms with van der Waals surface area (Å²) in [5, 5.41) is 0. The van der Waals surface area contributed by atoms with E-state index in [2.05, 4.69) is 38.2 Å². The zero-order valence-corrected chi connectivity index (χ0v) is 25.8. The Morgan fingerprint density at radius 2 is 0.842 bits per heavy atom. The Labute approximate surface area is 238 Å². The maximum absolute atomic E-state index is 12.4. The van der Waals surface area contributed by atoms with Gasteiger partial charge in [0.1, 0.15) is 5.78 Å². The van der Waals surface area contributed by atoms with Crippen molar-refractivity contribution in [2.45, 2.75) is 187 Å². The molecule has 221 valence electrons. The number of Topliss-reactive ketones (excluding diaryl/α,β-unsaturated/α-hetero) is 1. The predicted molar refractivity (Wildman–Crippen MR) is 168 cm³/mol. The minimum Gasteiger partial charge on any atom is -0.299 e. The van der Waals surface area contributed by atoms with Crippen molar-refractivity contribution in [1.29, 1.82) is 0 Å². The largest absolute Gasteiger partial charge is 0.299 e. The summed E-state index contributed by atoms with van der Waals surface area (Å²) in [6.45, 7) is 4.54. The second-order valence-electron chi connectivity index (χ2n) is 11.5. The Balaban J connectivity index is 3.51. The predicted octanol–water partition coefficient (Wildman–Crippen LogP) is 12.0. The maximum Gasteiger partial charge on any atom is 0.209 e. The van der Waals surface area contributed by atoms with Crippen LogP contribution in [0.3, 0.4) is 0 Å². The van der Waals surface area contributed by atoms with Gasteiger partial charge in [0.05, 0.1) is 5.92 Å². The van der Waals surface area contributed by atoms with Gasteiger partial charge in [-0.3, -0.25) is 9.59 Å². The number of hydrogen-bond donors (Lipinski definition) is 0. The van der Waals surface area contributed by atoms with Gasteiger partial charge in [0.25, 0.3) is 0 Å². The third-order valence-corrected chi connectivity index (χ3v) is 7.72. The molecule has 0 N–H and O–H groups in total. The molecular formula is C36H65O2. The van der Waals surface area contributed by atoms with E-state index in [4.69, 9.17) is 0 Å². The molecule has 1 unspecified atom stereocenters. The van der Waals surface area contributed by atoms with Crippen LogP contribution in [0.15, 0.2) is 24.3 Å². The quantitative estimate of drug-likeness (QED) is 0.0508. The van der Waals surface area contributed by atoms with Crippen LogP contribution in [0, 0.1) is 5.92 Å². The molecule has 2 heteroatoms. The van der Waals surface area contributed by atoms with Gasteiger partial charge < -0.3 is 0 Å². The maximum atomic E-state index is 12.4. The highest BCUT2D eigenvalue weighted by atomic mass is 16.1. The summed E-state index contributed by atoms with van der Waals surface area (Å²) in [5.41, 5.74) is 0. The minimum absolute atomic E-state index is 0.121. The molecule has 0 spiro atoms. The van der Waals surface area contributed by atoms with Crippen molar-refractivity contribution in [1.82, 2.24) is 0 Å². The van der Waals surface area contributed by atoms with Crippen LogP contribution in [-0.2, 0) is 9.59 Å². The van der Waals surface area contributed by atoms with E-state index in [9.17, 15) is 9.59 Å². The molecule has 0 fully saturated rings. The average Bonchev–Trinajstić information content (AvgIpc) is 2.93. The van der Waals surface area contributed by atoms with Crippen LogP contribution in [0.25, 0.3) is 0 Å². The Kier molecular flexibility index (Phi) is 31.0. The van der Waals surface area contributed by atoms with Gasteiger partial charge in [-0.05, 0) is 64.2 Å². The molecule has 2 nitrogen and oxygen atoms in total. The minimum atomic E-state index is -0.482. The number of rotatable bonds is 31. The first-order valence-electron chi connectivity index (χ1n) is 17.0. The molecular weight excluding hydrogens is 464 g/mol. The second-order valence-corrected chi connectivity index (χ2v) is 11.5. The fraction of sp³-hybridized carbons (Fsp3) is 0.833. The Hall–Kier alpha value is -1.18. The lowest BCUT2D eigenvalue weighted by Gasteiger charge is -2.08. The van der Waals surface area contributed by atoms with Crippen molar-refractivity contribution < 1.29 is 9.59 Å². The molecule has 0 heterocycles. The summed E-state index contributed by atoms with van der Waals surface area (Å²) < 4.78 is 0. The number of hydrogen-bond acceptors (Lipinski definition) is 2. The molecule has 0 saturated heterocycles. The number of carbonyl (C=O) groups is 1. The van der Waals surface area contributed by atoms with E-state index in [-0.39, 0.29) is 5.78 Å². The molecule has 0 aliphatic rings. The van der Waals surface area contributed by atoms with Gasteiger partial charge in [-0.1, -0.05) is 141 Å². The highest BCUT2D eigenvalue weighted by Gasteiger charge is 2.17. The Morgan fingerprint density at radius 1 is 0.500 bits per heavy atom. The third kappa shape index (κ3) is 27.8. The fourth-order valence-corrected chi connectivity index (χ4v) is 5.07. The van der Waals surface area contributed by atoms with Crippen LogP contribution in [0.4, 0.5) is 0 Å². The standard InChI is InChI=1S/C36H65O2/c1-3-5-7-9-11-13-15-17-19-21-23-25-27-29-31-33-36(38)35(34-37)32-30-28-26-24-22-20-18-16-14-12-10-8-6-4-2/h17-20,35H,3-16,21-33H2,1-2H3/b19-17-,20-18-. The molecule has 0 aromatic heterocycles. The fourth-order valence-electron chi connectivity index (χ4n) is 5.07. The number of allylic oxidation sites excluding steroid dienone is 4. The highest BCUT2D eigenvalue weighted by molar-refractivity contribution is 5.93. The lowest BCUT2D eigenvalue weighted by Crippen LogP contribution is -2.15. The molecule has 0 amide bonds. The molecule has 0 bridgehead atoms. The molecule has 1 atom stereocenters. The van der Waals surface area contributed by atoms with Crippen LogP contribution >= 0.6 is 0 Å². The van der Waals surface area contributed by atoms with Crippen LogP contribution in [0.1, 0.15) is 187 Å². The summed E-state index contributed by atoms with van der Waals surface area (Å²) in [4.78, 5) is 23.7. The normalized spacial score (nSPS) is 12.6. The van der Waals surface area contributed by atoms with Crippen molar-refractivity contribution in [3.63, 3.8) is 0 Å². The molecule has 1 radical (unpaired) electrons. The number of ketones is 1. The molecule has 38 heavy (non-hydrogen) atoms. The second kappa shape index (κ2) is 32.0. The van der Waals surface area contributed by atoms with Gasteiger partial charge >= 0.3 is 0 Å². The zero-order valence-electron chi connectivity index (χ0n) is 25.8. The van der Waals surface area contributed by atoms with E-state index in [1.807, 2.05) is 6.29 Å². The topological polar surface area (TPSA) is 34.1 Å². The summed E-state index contributed by atoms with van der Waals surface area (Å²) in [6, 6.07) is 0. The average molecular weight is 530 g/mol. The monoisotopic (exact) mass is 529 g/mol. The van der Waals surface area contributed by atoms with E-state index < -0.39 is 5.92 Å². The molecule has 0 aliphatic heterocycles. The lowest BCUT2D eigenvalue weighted by molar-refractivity contribution is -0.121. The molecule has 0 aromatic rings. The van der Waals surface area contributed by atoms with Gasteiger partial charge in [-0.15, -0.1) is 0 Å². The van der Waals surface area contributed by atoms with Gasteiger partial charge in [-0.25, -0.2) is 0 Å². The SMILES string of the molecule is CCCCCCCC/C=C\CCCCCCCC(=O)C([C]=O)CCCCCC/C=C\CCCCCCCC. The Bertz CT molecular complexity index is 548. The van der Waals surface area contributed by atoms with Crippen molar-refractivity contribution in [2.75, 3.05) is 0 Å². The summed E-state index contributed by atoms with van der Waals surface area (Å²) in [5.74, 6) is -0.362. The lowest BCUT2D eigenvalue weighted by atomic mass is 9.94. The van der Waals surface area contributed by atoms with E-state index in [0.717, 1.165) is 32.1 Å². The first kappa shape index (κ1) is 36.8. The van der Waals surface area contributed by atoms with Crippen LogP contribution in [-0.4, -0.2) is 12.1 Å². The van der Waals surface area contributed by atoms with E-state index in [1.54, 1.807) is 0 Å². The number of carbonyl (C=O) groups excluding carboxylic acids is 2. The van der Waals surface area contributed by atoms with Crippen LogP contribution < -0.4 is 0 Å². The molecule has 0 aromatic carbocycles. The van der Waals surface area contributed by atoms with Gasteiger partial charge in [0, 0.05) is 6.42 Å². The van der Waals surface area contributed by atoms with Crippen molar-refractivity contribution >= 4 is 12.1 Å². The van der Waals surface area contributed by atoms with Gasteiger partial charge in [-0.2, -0.15) is 0 Å². The number of unbranched alkanes of at least 4 members (excludes halogenated alkanes) is 21. The molecule has 0 aliphatic carbocycles. The highest BCUT2D eigenvalue weighted by Crippen LogP contribution is 2.16. The van der Waals surface area contributed by atoms with E-state index in [0.29, 0.717) is 12.8 Å². The Morgan fingerprint density at radius 3 is 1.24 bits per heavy atom. The smallest absolute Gasteiger partial charge is 0.209 e. The summed E-state index contributed by atoms with van der Waals surface area (Å²) in [7, 11) is 0. The first-order chi connectivity index (χ1) is 18.8. The van der Waals surface area contributed by atoms with Crippen molar-refractivity contribution in [2.24, 2.45) is 5.92 Å². The third-order valence-electron chi connectivity index (χ3n) is 7.72. The van der Waals surface area contributed by atoms with Crippen molar-refractivity contribution in [3.8, 4) is 0 Å².